The first-order valence-electron chi connectivity index (χ1n) is 25.6. The monoisotopic (exact) mass is 889 g/mol. The number of benzene rings is 1. The van der Waals surface area contributed by atoms with Crippen molar-refractivity contribution in [2.45, 2.75) is 177 Å². The summed E-state index contributed by atoms with van der Waals surface area (Å²) in [4.78, 5) is 29.8. The van der Waals surface area contributed by atoms with Gasteiger partial charge in [0.2, 0.25) is 0 Å². The molecule has 1 aliphatic heterocycles. The van der Waals surface area contributed by atoms with Crippen molar-refractivity contribution in [2.24, 2.45) is 79.8 Å². The molecule has 8 nitrogen and oxygen atoms in total. The summed E-state index contributed by atoms with van der Waals surface area (Å²) in [7, 11) is -2.92. The van der Waals surface area contributed by atoms with Crippen LogP contribution < -0.4 is 5.32 Å². The lowest BCUT2D eigenvalue weighted by atomic mass is 9.32. The zero-order chi connectivity index (χ0) is 45.2. The molecule has 352 valence electrons. The van der Waals surface area contributed by atoms with Crippen LogP contribution in [-0.4, -0.2) is 74.1 Å². The highest BCUT2D eigenvalue weighted by molar-refractivity contribution is 7.91. The Morgan fingerprint density at radius 2 is 1.41 bits per heavy atom. The molecule has 63 heavy (non-hydrogen) atoms. The van der Waals surface area contributed by atoms with Crippen molar-refractivity contribution in [2.75, 3.05) is 31.1 Å². The molecule has 0 spiro atoms. The first-order chi connectivity index (χ1) is 29.5. The normalized spacial score (nSPS) is 43.5. The molecule has 13 atom stereocenters. The number of rotatable bonds is 11. The van der Waals surface area contributed by atoms with Gasteiger partial charge in [0.05, 0.1) is 23.3 Å². The lowest BCUT2D eigenvalue weighted by Gasteiger charge is -2.73. The molecule has 9 rings (SSSR count). The van der Waals surface area contributed by atoms with E-state index < -0.39 is 15.3 Å². The van der Waals surface area contributed by atoms with Gasteiger partial charge in [-0.1, -0.05) is 99.6 Å². The van der Waals surface area contributed by atoms with Crippen LogP contribution in [0.5, 0.6) is 0 Å². The van der Waals surface area contributed by atoms with Crippen LogP contribution in [0.2, 0.25) is 0 Å². The minimum Gasteiger partial charge on any atom is -0.462 e. The number of nitrogens with zero attached hydrogens (tertiary/aromatic N) is 1. The molecular formula is C54H84N2O6S. The van der Waals surface area contributed by atoms with Gasteiger partial charge in [-0.25, -0.2) is 8.42 Å². The van der Waals surface area contributed by atoms with Gasteiger partial charge in [-0.2, -0.15) is 0 Å². The van der Waals surface area contributed by atoms with Crippen LogP contribution in [-0.2, 0) is 35.5 Å². The van der Waals surface area contributed by atoms with Gasteiger partial charge in [0, 0.05) is 36.6 Å². The van der Waals surface area contributed by atoms with Crippen molar-refractivity contribution in [1.82, 2.24) is 10.2 Å². The highest BCUT2D eigenvalue weighted by Crippen LogP contribution is 2.78. The summed E-state index contributed by atoms with van der Waals surface area (Å²) in [6.45, 7) is 26.9. The molecule has 7 saturated carbocycles. The number of carbonyl (C=O) groups is 2. The second-order valence-electron chi connectivity index (χ2n) is 25.6. The van der Waals surface area contributed by atoms with E-state index in [-0.39, 0.29) is 63.7 Å². The number of ether oxygens (including phenoxy) is 2. The molecule has 1 heterocycles. The average Bonchev–Trinajstić information content (AvgIpc) is 3.85. The maximum Gasteiger partial charge on any atom is 0.309 e. The third-order valence-corrected chi connectivity index (χ3v) is 23.5. The van der Waals surface area contributed by atoms with Gasteiger partial charge >= 0.3 is 11.9 Å². The number of esters is 2. The minimum atomic E-state index is -2.92. The lowest BCUT2D eigenvalue weighted by molar-refractivity contribution is -0.250. The summed E-state index contributed by atoms with van der Waals surface area (Å²) in [5, 5.41) is 4.43. The van der Waals surface area contributed by atoms with Crippen LogP contribution in [0.15, 0.2) is 30.3 Å². The van der Waals surface area contributed by atoms with E-state index in [9.17, 15) is 18.0 Å². The second-order valence-corrected chi connectivity index (χ2v) is 27.9. The quantitative estimate of drug-likeness (QED) is 0.219. The number of hydrogen-bond donors (Lipinski definition) is 1. The molecule has 0 radical (unpaired) electrons. The molecular weight excluding hydrogens is 805 g/mol. The van der Waals surface area contributed by atoms with Gasteiger partial charge in [0.1, 0.15) is 12.7 Å². The highest BCUT2D eigenvalue weighted by Gasteiger charge is 2.72. The fourth-order valence-corrected chi connectivity index (χ4v) is 18.6. The molecule has 7 aliphatic carbocycles. The van der Waals surface area contributed by atoms with E-state index >= 15 is 0 Å². The van der Waals surface area contributed by atoms with Crippen LogP contribution in [0.1, 0.15) is 158 Å². The topological polar surface area (TPSA) is 102 Å². The zero-order valence-electron chi connectivity index (χ0n) is 40.9. The van der Waals surface area contributed by atoms with Crippen molar-refractivity contribution >= 4 is 21.8 Å². The number of fused-ring (bicyclic) bond motifs is 7. The van der Waals surface area contributed by atoms with E-state index in [4.69, 9.17) is 9.47 Å². The SMILES string of the molecule is CC(C)C(CN[C@]12CC[C@@H](C3(C)CC3)[C@@H]1[C@H]1CC[C@@H]3[C@@]4(C)CC[C@H](OC(=O)[C@H]5C[C@@H](C(=O)OCc6ccccc6)C5(C)C)C(C)(C)[C@@H]4CC[C@@]3(C)[C@]1(C)CC2)N1CCS(=O)(=O)CC1. The molecule has 1 aromatic carbocycles. The Hall–Kier alpha value is -1.97. The number of carbonyl (C=O) groups excluding carboxylic acids is 2. The van der Waals surface area contributed by atoms with Crippen LogP contribution in [0.25, 0.3) is 0 Å². The molecule has 9 heteroatoms. The fourth-order valence-electron chi connectivity index (χ4n) is 17.4. The van der Waals surface area contributed by atoms with E-state index in [0.717, 1.165) is 30.9 Å². The van der Waals surface area contributed by atoms with Crippen LogP contribution in [0, 0.1) is 79.8 Å². The highest BCUT2D eigenvalue weighted by atomic mass is 32.2. The Bertz CT molecular complexity index is 2000. The van der Waals surface area contributed by atoms with Gasteiger partial charge in [-0.05, 0) is 152 Å². The molecule has 1 unspecified atom stereocenters. The van der Waals surface area contributed by atoms with E-state index in [2.05, 4.69) is 65.6 Å². The molecule has 0 bridgehead atoms. The fraction of sp³-hybridized carbons (Fsp3) is 0.852. The summed E-state index contributed by atoms with van der Waals surface area (Å²) in [5.74, 6) is 3.41. The van der Waals surface area contributed by atoms with Gasteiger partial charge in [-0.3, -0.25) is 14.5 Å². The van der Waals surface area contributed by atoms with Crippen molar-refractivity contribution in [3.63, 3.8) is 0 Å². The predicted octanol–water partition coefficient (Wildman–Crippen LogP) is 10.3. The second kappa shape index (κ2) is 15.8. The number of hydrogen-bond acceptors (Lipinski definition) is 8. The maximum absolute atomic E-state index is 14.1. The largest absolute Gasteiger partial charge is 0.462 e. The van der Waals surface area contributed by atoms with E-state index in [0.29, 0.717) is 72.1 Å². The van der Waals surface area contributed by atoms with Gasteiger partial charge in [-0.15, -0.1) is 0 Å². The lowest BCUT2D eigenvalue weighted by Crippen LogP contribution is -2.69. The van der Waals surface area contributed by atoms with Crippen LogP contribution in [0.3, 0.4) is 0 Å². The minimum absolute atomic E-state index is 0.122. The summed E-state index contributed by atoms with van der Waals surface area (Å²) in [5.41, 5.74) is 1.69. The number of nitrogens with one attached hydrogen (secondary N) is 1. The Morgan fingerprint density at radius 3 is 2.06 bits per heavy atom. The Morgan fingerprint density at radius 1 is 0.730 bits per heavy atom. The maximum atomic E-state index is 14.1. The Kier molecular flexibility index (Phi) is 11.6. The molecule has 1 saturated heterocycles. The Balaban J connectivity index is 0.892. The number of sulfone groups is 1. The summed E-state index contributed by atoms with van der Waals surface area (Å²) < 4.78 is 37.2. The molecule has 8 aliphatic rings. The van der Waals surface area contributed by atoms with Crippen molar-refractivity contribution in [3.05, 3.63) is 35.9 Å². The van der Waals surface area contributed by atoms with E-state index in [1.807, 2.05) is 44.2 Å². The van der Waals surface area contributed by atoms with Crippen molar-refractivity contribution < 1.29 is 27.5 Å². The van der Waals surface area contributed by atoms with Crippen molar-refractivity contribution in [3.8, 4) is 0 Å². The smallest absolute Gasteiger partial charge is 0.309 e. The third-order valence-electron chi connectivity index (χ3n) is 21.9. The zero-order valence-corrected chi connectivity index (χ0v) is 41.7. The van der Waals surface area contributed by atoms with E-state index in [1.165, 1.54) is 64.2 Å². The summed E-state index contributed by atoms with van der Waals surface area (Å²) in [6, 6.07) is 10.1. The van der Waals surface area contributed by atoms with Crippen LogP contribution in [0.4, 0.5) is 0 Å². The third kappa shape index (κ3) is 7.42. The van der Waals surface area contributed by atoms with E-state index in [1.54, 1.807) is 0 Å². The standard InChI is InChI=1S/C54H84N2O6S/c1-35(2)41(56-28-30-63(59,60)31-29-56)33-55-54-23-18-37(50(7)24-25-50)45(54)38-16-17-43-51(8)21-20-44(49(5,6)42(51)19-22-53(43,10)52(38,9)26-27-54)62-47(58)40-32-39(48(40,3)4)46(57)61-34-36-14-12-11-13-15-36/h11-15,35,37-45,55H,16-34H2,1-10H3/t37-,38-,39+,40-,41?,42+,43-,44+,45-,51+,52-,53-,54+/m1/s1. The van der Waals surface area contributed by atoms with Gasteiger partial charge in [0.15, 0.2) is 9.84 Å². The predicted molar refractivity (Wildman–Crippen MR) is 250 cm³/mol. The van der Waals surface area contributed by atoms with Crippen molar-refractivity contribution in [1.29, 1.82) is 0 Å². The molecule has 1 aromatic rings. The molecule has 0 amide bonds. The molecule has 0 aromatic heterocycles. The first kappa shape index (κ1) is 46.2. The van der Waals surface area contributed by atoms with Gasteiger partial charge < -0.3 is 14.8 Å². The van der Waals surface area contributed by atoms with Crippen LogP contribution >= 0.6 is 0 Å². The first-order valence-corrected chi connectivity index (χ1v) is 27.4. The molecule has 8 fully saturated rings. The Labute approximate surface area is 381 Å². The van der Waals surface area contributed by atoms with Gasteiger partial charge in [0.25, 0.3) is 0 Å². The average molecular weight is 889 g/mol. The molecule has 1 N–H and O–H groups in total. The summed E-state index contributed by atoms with van der Waals surface area (Å²) in [6.07, 6.45) is 15.4. The summed E-state index contributed by atoms with van der Waals surface area (Å²) >= 11 is 0.